The fourth-order valence-corrected chi connectivity index (χ4v) is 4.50. The third-order valence-corrected chi connectivity index (χ3v) is 6.85. The largest absolute Gasteiger partial charge is 0.483 e. The normalized spacial score (nSPS) is 12.5. The Labute approximate surface area is 226 Å². The Bertz CT molecular complexity index is 1150. The second-order valence-electron chi connectivity index (χ2n) is 8.89. The number of halogens is 2. The van der Waals surface area contributed by atoms with E-state index in [1.807, 2.05) is 75.4 Å². The van der Waals surface area contributed by atoms with Gasteiger partial charge in [0.05, 0.1) is 4.47 Å². The molecule has 1 N–H and O–H groups in total. The molecule has 0 saturated heterocycles. The van der Waals surface area contributed by atoms with Crippen LogP contribution in [0, 0.1) is 6.92 Å². The van der Waals surface area contributed by atoms with Gasteiger partial charge in [-0.2, -0.15) is 0 Å². The summed E-state index contributed by atoms with van der Waals surface area (Å²) < 4.78 is 6.50. The highest BCUT2D eigenvalue weighted by atomic mass is 79.9. The zero-order valence-corrected chi connectivity index (χ0v) is 23.2. The van der Waals surface area contributed by atoms with Gasteiger partial charge in [-0.15, -0.1) is 0 Å². The van der Waals surface area contributed by atoms with E-state index in [2.05, 4.69) is 21.2 Å². The van der Waals surface area contributed by atoms with Gasteiger partial charge in [0.1, 0.15) is 11.8 Å². The maximum atomic E-state index is 13.6. The van der Waals surface area contributed by atoms with Crippen molar-refractivity contribution in [2.24, 2.45) is 0 Å². The molecule has 3 aromatic rings. The summed E-state index contributed by atoms with van der Waals surface area (Å²) in [5.41, 5.74) is 3.05. The highest BCUT2D eigenvalue weighted by molar-refractivity contribution is 9.10. The average Bonchev–Trinajstić information content (AvgIpc) is 2.87. The molecular formula is C29H32BrClN2O3. The van der Waals surface area contributed by atoms with Gasteiger partial charge in [-0.1, -0.05) is 78.7 Å². The number of nitrogens with one attached hydrogen (secondary N) is 1. The topological polar surface area (TPSA) is 58.6 Å². The van der Waals surface area contributed by atoms with Gasteiger partial charge >= 0.3 is 0 Å². The predicted molar refractivity (Wildman–Crippen MR) is 148 cm³/mol. The van der Waals surface area contributed by atoms with E-state index in [0.29, 0.717) is 21.7 Å². The lowest BCUT2D eigenvalue weighted by atomic mass is 10.0. The number of hydrogen-bond donors (Lipinski definition) is 1. The molecule has 3 aromatic carbocycles. The molecule has 5 nitrogen and oxygen atoms in total. The van der Waals surface area contributed by atoms with Crippen molar-refractivity contribution < 1.29 is 14.3 Å². The summed E-state index contributed by atoms with van der Waals surface area (Å²) in [7, 11) is 0. The lowest BCUT2D eigenvalue weighted by molar-refractivity contribution is -0.143. The van der Waals surface area contributed by atoms with Gasteiger partial charge in [-0.25, -0.2) is 0 Å². The maximum absolute atomic E-state index is 13.6. The lowest BCUT2D eigenvalue weighted by Gasteiger charge is -2.32. The number of nitrogens with zero attached hydrogens (tertiary/aromatic N) is 1. The van der Waals surface area contributed by atoms with Crippen molar-refractivity contribution in [1.82, 2.24) is 10.2 Å². The SMILES string of the molecule is CC[C@@H](C)NC(=O)[C@H](Cc1ccccc1)N(Cc1ccc(C)cc1)C(=O)COc1ccc(Cl)cc1Br. The van der Waals surface area contributed by atoms with E-state index < -0.39 is 6.04 Å². The predicted octanol–water partition coefficient (Wildman–Crippen LogP) is 6.34. The molecular weight excluding hydrogens is 540 g/mol. The molecule has 0 aromatic heterocycles. The maximum Gasteiger partial charge on any atom is 0.261 e. The van der Waals surface area contributed by atoms with E-state index in [1.54, 1.807) is 23.1 Å². The standard InChI is InChI=1S/C29H32BrClN2O3/c1-4-21(3)32-29(35)26(16-22-8-6-5-7-9-22)33(18-23-12-10-20(2)11-13-23)28(34)19-36-27-15-14-24(31)17-25(27)30/h5-15,17,21,26H,4,16,18-19H2,1-3H3,(H,32,35)/t21-,26+/m1/s1. The van der Waals surface area contributed by atoms with Crippen molar-refractivity contribution in [3.8, 4) is 5.75 Å². The molecule has 0 aliphatic carbocycles. The minimum Gasteiger partial charge on any atom is -0.483 e. The van der Waals surface area contributed by atoms with Crippen molar-refractivity contribution in [1.29, 1.82) is 0 Å². The number of amides is 2. The fraction of sp³-hybridized carbons (Fsp3) is 0.310. The average molecular weight is 572 g/mol. The monoisotopic (exact) mass is 570 g/mol. The molecule has 0 heterocycles. The van der Waals surface area contributed by atoms with Gasteiger partial charge in [0.25, 0.3) is 5.91 Å². The van der Waals surface area contributed by atoms with E-state index in [1.165, 1.54) is 0 Å². The first-order valence-corrected chi connectivity index (χ1v) is 13.2. The van der Waals surface area contributed by atoms with Crippen LogP contribution in [-0.4, -0.2) is 35.4 Å². The smallest absolute Gasteiger partial charge is 0.261 e. The molecule has 2 amide bonds. The van der Waals surface area contributed by atoms with Crippen LogP contribution in [0.15, 0.2) is 77.3 Å². The molecule has 3 rings (SSSR count). The Hall–Kier alpha value is -2.83. The van der Waals surface area contributed by atoms with Crippen LogP contribution in [0.25, 0.3) is 0 Å². The third kappa shape index (κ3) is 8.10. The van der Waals surface area contributed by atoms with Crippen LogP contribution in [0.4, 0.5) is 0 Å². The minimum absolute atomic E-state index is 0.00614. The third-order valence-electron chi connectivity index (χ3n) is 5.99. The van der Waals surface area contributed by atoms with Gasteiger partial charge in [0, 0.05) is 24.0 Å². The number of ether oxygens (including phenoxy) is 1. The van der Waals surface area contributed by atoms with Gasteiger partial charge in [-0.05, 0) is 65.5 Å². The quantitative estimate of drug-likeness (QED) is 0.292. The fourth-order valence-electron chi connectivity index (χ4n) is 3.70. The highest BCUT2D eigenvalue weighted by Crippen LogP contribution is 2.28. The number of carbonyl (C=O) groups is 2. The summed E-state index contributed by atoms with van der Waals surface area (Å²) in [6.07, 6.45) is 1.19. The number of benzene rings is 3. The first-order valence-electron chi connectivity index (χ1n) is 12.0. The van der Waals surface area contributed by atoms with E-state index in [9.17, 15) is 9.59 Å². The Morgan fingerprint density at radius 3 is 2.36 bits per heavy atom. The molecule has 2 atom stereocenters. The molecule has 7 heteroatoms. The van der Waals surface area contributed by atoms with Crippen LogP contribution in [0.1, 0.15) is 37.0 Å². The number of rotatable bonds is 11. The number of aryl methyl sites for hydroxylation is 1. The summed E-state index contributed by atoms with van der Waals surface area (Å²) in [6.45, 7) is 6.07. The molecule has 0 bridgehead atoms. The molecule has 0 fully saturated rings. The minimum atomic E-state index is -0.701. The Morgan fingerprint density at radius 1 is 1.03 bits per heavy atom. The Balaban J connectivity index is 1.91. The molecule has 0 unspecified atom stereocenters. The van der Waals surface area contributed by atoms with Crippen LogP contribution < -0.4 is 10.1 Å². The summed E-state index contributed by atoms with van der Waals surface area (Å²) in [5, 5.41) is 3.63. The van der Waals surface area contributed by atoms with Crippen LogP contribution in [0.5, 0.6) is 5.75 Å². The highest BCUT2D eigenvalue weighted by Gasteiger charge is 2.31. The van der Waals surface area contributed by atoms with Crippen LogP contribution >= 0.6 is 27.5 Å². The second-order valence-corrected chi connectivity index (χ2v) is 10.2. The summed E-state index contributed by atoms with van der Waals surface area (Å²) >= 11 is 9.46. The van der Waals surface area contributed by atoms with Crippen LogP contribution in [-0.2, 0) is 22.6 Å². The van der Waals surface area contributed by atoms with Crippen LogP contribution in [0.2, 0.25) is 5.02 Å². The van der Waals surface area contributed by atoms with E-state index >= 15 is 0 Å². The van der Waals surface area contributed by atoms with Gasteiger partial charge in [0.15, 0.2) is 6.61 Å². The first kappa shape index (κ1) is 27.8. The van der Waals surface area contributed by atoms with Crippen molar-refractivity contribution in [3.63, 3.8) is 0 Å². The molecule has 0 radical (unpaired) electrons. The molecule has 0 saturated carbocycles. The van der Waals surface area contributed by atoms with Gasteiger partial charge in [0.2, 0.25) is 5.91 Å². The summed E-state index contributed by atoms with van der Waals surface area (Å²) in [4.78, 5) is 28.8. The van der Waals surface area contributed by atoms with E-state index in [0.717, 1.165) is 23.1 Å². The van der Waals surface area contributed by atoms with E-state index in [-0.39, 0.29) is 31.0 Å². The Kier molecular flexibility index (Phi) is 10.4. The molecule has 190 valence electrons. The van der Waals surface area contributed by atoms with Gasteiger partial charge in [-0.3, -0.25) is 9.59 Å². The van der Waals surface area contributed by atoms with Crippen LogP contribution in [0.3, 0.4) is 0 Å². The second kappa shape index (κ2) is 13.5. The van der Waals surface area contributed by atoms with Gasteiger partial charge < -0.3 is 15.0 Å². The van der Waals surface area contributed by atoms with Crippen molar-refractivity contribution in [2.45, 2.75) is 52.2 Å². The molecule has 36 heavy (non-hydrogen) atoms. The zero-order valence-electron chi connectivity index (χ0n) is 20.8. The number of hydrogen-bond acceptors (Lipinski definition) is 3. The van der Waals surface area contributed by atoms with E-state index in [4.69, 9.17) is 16.3 Å². The summed E-state index contributed by atoms with van der Waals surface area (Å²) in [5.74, 6) is 0.0469. The lowest BCUT2D eigenvalue weighted by Crippen LogP contribution is -2.53. The Morgan fingerprint density at radius 2 is 1.72 bits per heavy atom. The van der Waals surface area contributed by atoms with Crippen molar-refractivity contribution in [3.05, 3.63) is 99.0 Å². The van der Waals surface area contributed by atoms with Crippen molar-refractivity contribution >= 4 is 39.3 Å². The molecule has 0 aliphatic rings. The zero-order chi connectivity index (χ0) is 26.1. The molecule has 0 spiro atoms. The molecule has 0 aliphatic heterocycles. The van der Waals surface area contributed by atoms with Crippen molar-refractivity contribution in [2.75, 3.05) is 6.61 Å². The first-order chi connectivity index (χ1) is 17.3. The summed E-state index contributed by atoms with van der Waals surface area (Å²) in [6, 6.07) is 22.1. The number of carbonyl (C=O) groups excluding carboxylic acids is 2.